The van der Waals surface area contributed by atoms with Crippen LogP contribution in [0.3, 0.4) is 0 Å². The highest BCUT2D eigenvalue weighted by atomic mass is 32.2. The standard InChI is InChI=1S/C14H14N2O4S/c1-16-13(20)9(6-10(17)18)11(14(16)21-2)12(19)8-4-3-5-15-7-8/h3-5,7,14H,6H2,1-2H3,(H,17,18)/t14-/m1/s1. The van der Waals surface area contributed by atoms with Crippen LogP contribution >= 0.6 is 11.8 Å². The summed E-state index contributed by atoms with van der Waals surface area (Å²) in [6.07, 6.45) is 4.27. The fraction of sp³-hybridized carbons (Fsp3) is 0.286. The molecule has 0 spiro atoms. The Morgan fingerprint density at radius 1 is 1.48 bits per heavy atom. The number of carboxylic acid groups (broad SMARTS) is 1. The number of ketones is 1. The summed E-state index contributed by atoms with van der Waals surface area (Å²) in [4.78, 5) is 41.1. The monoisotopic (exact) mass is 306 g/mol. The molecule has 0 saturated heterocycles. The Morgan fingerprint density at radius 2 is 2.19 bits per heavy atom. The minimum absolute atomic E-state index is 0.0539. The summed E-state index contributed by atoms with van der Waals surface area (Å²) in [6, 6.07) is 3.22. The van der Waals surface area contributed by atoms with Gasteiger partial charge in [0, 0.05) is 36.2 Å². The number of thioether (sulfide) groups is 1. The van der Waals surface area contributed by atoms with Crippen LogP contribution in [0, 0.1) is 0 Å². The van der Waals surface area contributed by atoms with Crippen molar-refractivity contribution in [1.29, 1.82) is 0 Å². The molecule has 21 heavy (non-hydrogen) atoms. The second kappa shape index (κ2) is 6.09. The van der Waals surface area contributed by atoms with E-state index in [0.29, 0.717) is 5.56 Å². The van der Waals surface area contributed by atoms with Crippen molar-refractivity contribution in [2.45, 2.75) is 11.8 Å². The van der Waals surface area contributed by atoms with E-state index in [1.807, 2.05) is 0 Å². The highest BCUT2D eigenvalue weighted by Crippen LogP contribution is 2.34. The molecule has 7 heteroatoms. The lowest BCUT2D eigenvalue weighted by molar-refractivity contribution is -0.137. The lowest BCUT2D eigenvalue weighted by atomic mass is 9.99. The number of Topliss-reactive ketones (excluding diaryl/α,β-unsaturated/α-hetero) is 1. The number of nitrogens with zero attached hydrogens (tertiary/aromatic N) is 2. The molecule has 0 bridgehead atoms. The van der Waals surface area contributed by atoms with Crippen molar-refractivity contribution in [1.82, 2.24) is 9.88 Å². The van der Waals surface area contributed by atoms with Crippen molar-refractivity contribution in [3.8, 4) is 0 Å². The van der Waals surface area contributed by atoms with E-state index in [1.165, 1.54) is 22.9 Å². The van der Waals surface area contributed by atoms with Gasteiger partial charge in [0.05, 0.1) is 6.42 Å². The van der Waals surface area contributed by atoms with Gasteiger partial charge in [-0.3, -0.25) is 19.4 Å². The molecule has 0 saturated carbocycles. The maximum absolute atomic E-state index is 12.6. The van der Waals surface area contributed by atoms with E-state index in [9.17, 15) is 14.4 Å². The second-order valence-electron chi connectivity index (χ2n) is 4.54. The van der Waals surface area contributed by atoms with Gasteiger partial charge in [0.2, 0.25) is 0 Å². The summed E-state index contributed by atoms with van der Waals surface area (Å²) < 4.78 is 0. The van der Waals surface area contributed by atoms with Gasteiger partial charge in [-0.2, -0.15) is 0 Å². The van der Waals surface area contributed by atoms with E-state index >= 15 is 0 Å². The Morgan fingerprint density at radius 3 is 2.71 bits per heavy atom. The molecule has 1 amide bonds. The number of carbonyl (C=O) groups excluding carboxylic acids is 2. The van der Waals surface area contributed by atoms with Crippen LogP contribution in [0.25, 0.3) is 0 Å². The highest BCUT2D eigenvalue weighted by Gasteiger charge is 2.40. The third-order valence-electron chi connectivity index (χ3n) is 3.22. The number of rotatable bonds is 5. The van der Waals surface area contributed by atoms with E-state index in [4.69, 9.17) is 5.11 Å². The summed E-state index contributed by atoms with van der Waals surface area (Å²) in [6.45, 7) is 0. The molecule has 1 aromatic heterocycles. The van der Waals surface area contributed by atoms with Crippen molar-refractivity contribution >= 4 is 29.4 Å². The van der Waals surface area contributed by atoms with Gasteiger partial charge in [-0.15, -0.1) is 11.8 Å². The Bertz CT molecular complexity index is 627. The van der Waals surface area contributed by atoms with E-state index < -0.39 is 23.7 Å². The van der Waals surface area contributed by atoms with Gasteiger partial charge in [-0.05, 0) is 18.4 Å². The van der Waals surface area contributed by atoms with Gasteiger partial charge in [0.25, 0.3) is 5.91 Å². The molecule has 0 fully saturated rings. The van der Waals surface area contributed by atoms with E-state index in [0.717, 1.165) is 0 Å². The number of likely N-dealkylation sites (N-methyl/N-ethyl adjacent to an activating group) is 1. The van der Waals surface area contributed by atoms with Crippen LogP contribution < -0.4 is 0 Å². The first kappa shape index (κ1) is 15.2. The number of hydrogen-bond acceptors (Lipinski definition) is 5. The number of carboxylic acids is 1. The van der Waals surface area contributed by atoms with E-state index in [2.05, 4.69) is 4.98 Å². The van der Waals surface area contributed by atoms with Crippen molar-refractivity contribution in [2.75, 3.05) is 13.3 Å². The number of carbonyl (C=O) groups is 3. The van der Waals surface area contributed by atoms with Gasteiger partial charge >= 0.3 is 5.97 Å². The van der Waals surface area contributed by atoms with Crippen LogP contribution in [0.4, 0.5) is 0 Å². The first-order valence-corrected chi connectivity index (χ1v) is 7.45. The normalized spacial score (nSPS) is 18.3. The highest BCUT2D eigenvalue weighted by molar-refractivity contribution is 7.99. The molecule has 1 aliphatic rings. The van der Waals surface area contributed by atoms with Crippen LogP contribution in [0.1, 0.15) is 16.8 Å². The molecule has 1 atom stereocenters. The van der Waals surface area contributed by atoms with Gasteiger partial charge in [0.1, 0.15) is 5.37 Å². The molecule has 2 heterocycles. The molecule has 1 N–H and O–H groups in total. The number of aliphatic carboxylic acids is 1. The fourth-order valence-corrected chi connectivity index (χ4v) is 3.17. The lowest BCUT2D eigenvalue weighted by Gasteiger charge is -2.20. The van der Waals surface area contributed by atoms with E-state index in [1.54, 1.807) is 31.6 Å². The van der Waals surface area contributed by atoms with Crippen LogP contribution in [-0.4, -0.2) is 51.3 Å². The number of amides is 1. The summed E-state index contributed by atoms with van der Waals surface area (Å²) >= 11 is 1.32. The molecule has 0 aliphatic carbocycles. The van der Waals surface area contributed by atoms with Crippen molar-refractivity contribution in [3.63, 3.8) is 0 Å². The Hall–Kier alpha value is -2.15. The number of pyridine rings is 1. The smallest absolute Gasteiger partial charge is 0.308 e. The van der Waals surface area contributed by atoms with Crippen LogP contribution in [-0.2, 0) is 9.59 Å². The zero-order valence-corrected chi connectivity index (χ0v) is 12.4. The van der Waals surface area contributed by atoms with Crippen molar-refractivity contribution in [2.24, 2.45) is 0 Å². The maximum atomic E-state index is 12.6. The molecular weight excluding hydrogens is 292 g/mol. The Kier molecular flexibility index (Phi) is 4.42. The Balaban J connectivity index is 2.52. The molecule has 0 radical (unpaired) electrons. The van der Waals surface area contributed by atoms with Gasteiger partial charge in [0.15, 0.2) is 5.78 Å². The largest absolute Gasteiger partial charge is 0.481 e. The lowest BCUT2D eigenvalue weighted by Crippen LogP contribution is -2.30. The summed E-state index contributed by atoms with van der Waals surface area (Å²) in [5, 5.41) is 8.50. The van der Waals surface area contributed by atoms with Crippen LogP contribution in [0.2, 0.25) is 0 Å². The van der Waals surface area contributed by atoms with E-state index in [-0.39, 0.29) is 16.9 Å². The van der Waals surface area contributed by atoms with Gasteiger partial charge < -0.3 is 10.0 Å². The average Bonchev–Trinajstić information content (AvgIpc) is 2.71. The summed E-state index contributed by atoms with van der Waals surface area (Å²) in [7, 11) is 1.56. The summed E-state index contributed by atoms with van der Waals surface area (Å²) in [5.74, 6) is -1.90. The number of hydrogen-bond donors (Lipinski definition) is 1. The molecule has 110 valence electrons. The maximum Gasteiger partial charge on any atom is 0.308 e. The van der Waals surface area contributed by atoms with Crippen molar-refractivity contribution in [3.05, 3.63) is 41.2 Å². The molecule has 0 aromatic carbocycles. The summed E-state index contributed by atoms with van der Waals surface area (Å²) in [5.41, 5.74) is 0.640. The number of aromatic nitrogens is 1. The van der Waals surface area contributed by atoms with Gasteiger partial charge in [-0.25, -0.2) is 0 Å². The van der Waals surface area contributed by atoms with Crippen LogP contribution in [0.15, 0.2) is 35.7 Å². The molecule has 2 rings (SSSR count). The average molecular weight is 306 g/mol. The molecule has 1 aromatic rings. The zero-order chi connectivity index (χ0) is 15.6. The van der Waals surface area contributed by atoms with Crippen LogP contribution in [0.5, 0.6) is 0 Å². The molecule has 6 nitrogen and oxygen atoms in total. The topological polar surface area (TPSA) is 87.6 Å². The predicted molar refractivity (Wildman–Crippen MR) is 77.9 cm³/mol. The minimum atomic E-state index is -1.13. The SMILES string of the molecule is CS[C@@H]1C(C(=O)c2cccnc2)=C(CC(=O)O)C(=O)N1C. The molecule has 0 unspecified atom stereocenters. The molecular formula is C14H14N2O4S. The van der Waals surface area contributed by atoms with Crippen molar-refractivity contribution < 1.29 is 19.5 Å². The third kappa shape index (κ3) is 2.82. The third-order valence-corrected chi connectivity index (χ3v) is 4.22. The first-order valence-electron chi connectivity index (χ1n) is 6.17. The fourth-order valence-electron chi connectivity index (χ4n) is 2.28. The predicted octanol–water partition coefficient (Wildman–Crippen LogP) is 1.20. The quantitative estimate of drug-likeness (QED) is 0.822. The molecule has 1 aliphatic heterocycles. The minimum Gasteiger partial charge on any atom is -0.481 e. The zero-order valence-electron chi connectivity index (χ0n) is 11.6. The first-order chi connectivity index (χ1) is 9.97. The van der Waals surface area contributed by atoms with Gasteiger partial charge in [-0.1, -0.05) is 0 Å². The second-order valence-corrected chi connectivity index (χ2v) is 5.46. The Labute approximate surface area is 125 Å².